The first-order valence-corrected chi connectivity index (χ1v) is 11.1. The van der Waals surface area contributed by atoms with Crippen LogP contribution in [0.2, 0.25) is 0 Å². The molecule has 3 aromatic rings. The zero-order valence-electron chi connectivity index (χ0n) is 17.3. The average molecular weight is 401 g/mol. The summed E-state index contributed by atoms with van der Waals surface area (Å²) < 4.78 is 0. The van der Waals surface area contributed by atoms with E-state index in [0.29, 0.717) is 12.5 Å². The molecule has 154 valence electrons. The van der Waals surface area contributed by atoms with E-state index in [4.69, 9.17) is 4.98 Å². The molecule has 2 aromatic heterocycles. The average Bonchev–Trinajstić information content (AvgIpc) is 2.81. The second-order valence-corrected chi connectivity index (χ2v) is 8.59. The van der Waals surface area contributed by atoms with Gasteiger partial charge in [0.15, 0.2) is 0 Å². The van der Waals surface area contributed by atoms with E-state index in [1.807, 2.05) is 24.4 Å². The Morgan fingerprint density at radius 2 is 1.87 bits per heavy atom. The SMILES string of the molecule is O=c1[nH]c(C2CCCCC2)nc2c1CN(Cc1ccc(-c3ccccc3)nc1)CC2. The van der Waals surface area contributed by atoms with Gasteiger partial charge in [-0.1, -0.05) is 55.7 Å². The van der Waals surface area contributed by atoms with Gasteiger partial charge in [-0.2, -0.15) is 0 Å². The lowest BCUT2D eigenvalue weighted by Gasteiger charge is -2.28. The van der Waals surface area contributed by atoms with Gasteiger partial charge in [0, 0.05) is 43.7 Å². The summed E-state index contributed by atoms with van der Waals surface area (Å²) >= 11 is 0. The topological polar surface area (TPSA) is 61.9 Å². The number of aromatic amines is 1. The Balaban J connectivity index is 1.28. The molecule has 3 heterocycles. The molecule has 0 unspecified atom stereocenters. The molecule has 0 bridgehead atoms. The van der Waals surface area contributed by atoms with Crippen LogP contribution < -0.4 is 5.56 Å². The monoisotopic (exact) mass is 400 g/mol. The van der Waals surface area contributed by atoms with Gasteiger partial charge in [0.1, 0.15) is 5.82 Å². The quantitative estimate of drug-likeness (QED) is 0.703. The maximum atomic E-state index is 12.8. The lowest BCUT2D eigenvalue weighted by Crippen LogP contribution is -2.36. The first kappa shape index (κ1) is 19.2. The lowest BCUT2D eigenvalue weighted by molar-refractivity contribution is 0.240. The third kappa shape index (κ3) is 4.08. The van der Waals surface area contributed by atoms with Crippen LogP contribution in [-0.2, 0) is 19.5 Å². The standard InChI is InChI=1S/C25H28N4O/c30-25-21-17-29(14-13-23(21)27-24(28-25)20-9-5-2-6-10-20)16-18-11-12-22(26-15-18)19-7-3-1-4-8-19/h1,3-4,7-8,11-12,15,20H,2,5-6,9-10,13-14,16-17H2,(H,27,28,30). The number of hydrogen-bond acceptors (Lipinski definition) is 4. The number of nitrogens with zero attached hydrogens (tertiary/aromatic N) is 3. The van der Waals surface area contributed by atoms with Gasteiger partial charge < -0.3 is 4.98 Å². The Labute approximate surface area is 177 Å². The lowest BCUT2D eigenvalue weighted by atomic mass is 9.88. The highest BCUT2D eigenvalue weighted by molar-refractivity contribution is 5.58. The van der Waals surface area contributed by atoms with Gasteiger partial charge >= 0.3 is 0 Å². The summed E-state index contributed by atoms with van der Waals surface area (Å²) in [6.45, 7) is 2.38. The Morgan fingerprint density at radius 1 is 1.03 bits per heavy atom. The molecule has 0 atom stereocenters. The van der Waals surface area contributed by atoms with Gasteiger partial charge in [-0.25, -0.2) is 4.98 Å². The van der Waals surface area contributed by atoms with Gasteiger partial charge in [-0.3, -0.25) is 14.7 Å². The molecule has 1 aliphatic heterocycles. The van der Waals surface area contributed by atoms with Gasteiger partial charge in [0.2, 0.25) is 0 Å². The molecular formula is C25H28N4O. The van der Waals surface area contributed by atoms with Crippen LogP contribution in [0.1, 0.15) is 60.7 Å². The number of benzene rings is 1. The van der Waals surface area contributed by atoms with E-state index < -0.39 is 0 Å². The fourth-order valence-corrected chi connectivity index (χ4v) is 4.76. The van der Waals surface area contributed by atoms with Crippen molar-refractivity contribution >= 4 is 0 Å². The number of H-pyrrole nitrogens is 1. The summed E-state index contributed by atoms with van der Waals surface area (Å²) in [4.78, 5) is 27.7. The molecule has 1 N–H and O–H groups in total. The van der Waals surface area contributed by atoms with Crippen molar-refractivity contribution in [3.63, 3.8) is 0 Å². The molecule has 0 saturated heterocycles. The van der Waals surface area contributed by atoms with E-state index in [1.54, 1.807) is 0 Å². The largest absolute Gasteiger partial charge is 0.310 e. The molecule has 1 aliphatic carbocycles. The van der Waals surface area contributed by atoms with E-state index in [2.05, 4.69) is 39.1 Å². The molecule has 1 saturated carbocycles. The zero-order chi connectivity index (χ0) is 20.3. The minimum atomic E-state index is 0.0582. The van der Waals surface area contributed by atoms with Crippen LogP contribution in [-0.4, -0.2) is 26.4 Å². The predicted octanol–water partition coefficient (Wildman–Crippen LogP) is 4.44. The van der Waals surface area contributed by atoms with Gasteiger partial charge in [0.25, 0.3) is 5.56 Å². The first-order valence-electron chi connectivity index (χ1n) is 11.1. The van der Waals surface area contributed by atoms with Crippen LogP contribution in [0.4, 0.5) is 0 Å². The highest BCUT2D eigenvalue weighted by Crippen LogP contribution is 2.31. The van der Waals surface area contributed by atoms with E-state index in [-0.39, 0.29) is 5.56 Å². The van der Waals surface area contributed by atoms with Crippen LogP contribution >= 0.6 is 0 Å². The second kappa shape index (κ2) is 8.52. The molecule has 0 radical (unpaired) electrons. The maximum absolute atomic E-state index is 12.8. The van der Waals surface area contributed by atoms with Crippen molar-refractivity contribution in [1.29, 1.82) is 0 Å². The molecule has 2 aliphatic rings. The van der Waals surface area contributed by atoms with Crippen LogP contribution in [0.25, 0.3) is 11.3 Å². The van der Waals surface area contributed by atoms with Crippen molar-refractivity contribution in [3.8, 4) is 11.3 Å². The van der Waals surface area contributed by atoms with Crippen LogP contribution in [0.3, 0.4) is 0 Å². The van der Waals surface area contributed by atoms with E-state index in [1.165, 1.54) is 24.8 Å². The molecule has 5 heteroatoms. The molecule has 5 nitrogen and oxygen atoms in total. The highest BCUT2D eigenvalue weighted by atomic mass is 16.1. The Hall–Kier alpha value is -2.79. The molecule has 5 rings (SSSR count). The van der Waals surface area contributed by atoms with Crippen molar-refractivity contribution in [2.45, 2.75) is 57.5 Å². The Bertz CT molecular complexity index is 1050. The van der Waals surface area contributed by atoms with Crippen molar-refractivity contribution in [2.24, 2.45) is 0 Å². The summed E-state index contributed by atoms with van der Waals surface area (Å²) in [6.07, 6.45) is 8.90. The number of aromatic nitrogens is 3. The number of fused-ring (bicyclic) bond motifs is 1. The number of hydrogen-bond donors (Lipinski definition) is 1. The number of rotatable bonds is 4. The smallest absolute Gasteiger partial charge is 0.255 e. The van der Waals surface area contributed by atoms with E-state index in [0.717, 1.165) is 60.7 Å². The van der Waals surface area contributed by atoms with Crippen molar-refractivity contribution in [1.82, 2.24) is 19.9 Å². The first-order chi connectivity index (χ1) is 14.8. The predicted molar refractivity (Wildman–Crippen MR) is 118 cm³/mol. The van der Waals surface area contributed by atoms with Crippen LogP contribution in [0, 0.1) is 0 Å². The maximum Gasteiger partial charge on any atom is 0.255 e. The highest BCUT2D eigenvalue weighted by Gasteiger charge is 2.24. The Morgan fingerprint density at radius 3 is 2.63 bits per heavy atom. The van der Waals surface area contributed by atoms with E-state index >= 15 is 0 Å². The fraction of sp³-hybridized carbons (Fsp3) is 0.400. The summed E-state index contributed by atoms with van der Waals surface area (Å²) in [6, 6.07) is 14.4. The summed E-state index contributed by atoms with van der Waals surface area (Å²) in [5.41, 5.74) is 5.19. The third-order valence-corrected chi connectivity index (χ3v) is 6.46. The zero-order valence-corrected chi connectivity index (χ0v) is 17.3. The Kier molecular flexibility index (Phi) is 5.45. The third-order valence-electron chi connectivity index (χ3n) is 6.46. The summed E-state index contributed by atoms with van der Waals surface area (Å²) in [7, 11) is 0. The van der Waals surface area contributed by atoms with Gasteiger partial charge in [-0.05, 0) is 24.5 Å². The minimum Gasteiger partial charge on any atom is -0.310 e. The molecule has 0 spiro atoms. The van der Waals surface area contributed by atoms with Crippen molar-refractivity contribution in [3.05, 3.63) is 81.7 Å². The fourth-order valence-electron chi connectivity index (χ4n) is 4.76. The molecule has 1 aromatic carbocycles. The molecular weight excluding hydrogens is 372 g/mol. The normalized spacial score (nSPS) is 17.6. The second-order valence-electron chi connectivity index (χ2n) is 8.59. The van der Waals surface area contributed by atoms with E-state index in [9.17, 15) is 4.79 Å². The van der Waals surface area contributed by atoms with Crippen LogP contribution in [0.15, 0.2) is 53.5 Å². The molecule has 1 fully saturated rings. The number of nitrogens with one attached hydrogen (secondary N) is 1. The summed E-state index contributed by atoms with van der Waals surface area (Å²) in [5.74, 6) is 1.36. The minimum absolute atomic E-state index is 0.0582. The van der Waals surface area contributed by atoms with Crippen molar-refractivity contribution in [2.75, 3.05) is 6.54 Å². The van der Waals surface area contributed by atoms with Gasteiger partial charge in [0.05, 0.1) is 17.0 Å². The number of pyridine rings is 1. The van der Waals surface area contributed by atoms with Crippen LogP contribution in [0.5, 0.6) is 0 Å². The van der Waals surface area contributed by atoms with Crippen molar-refractivity contribution < 1.29 is 0 Å². The summed E-state index contributed by atoms with van der Waals surface area (Å²) in [5, 5.41) is 0. The molecule has 30 heavy (non-hydrogen) atoms. The molecule has 0 amide bonds. The van der Waals surface area contributed by atoms with Gasteiger partial charge in [-0.15, -0.1) is 0 Å².